The van der Waals surface area contributed by atoms with Crippen LogP contribution in [0.4, 0.5) is 0 Å². The Hall–Kier alpha value is -2.88. The average molecular weight is 1550 g/mol. The Bertz CT molecular complexity index is 5280. The van der Waals surface area contributed by atoms with E-state index in [1.165, 1.54) is 0 Å². The molecule has 24 bridgehead atoms. The van der Waals surface area contributed by atoms with Gasteiger partial charge < -0.3 is 28.2 Å². The van der Waals surface area contributed by atoms with Gasteiger partial charge in [-0.05, 0) is 409 Å². The predicted octanol–water partition coefficient (Wildman–Crippen LogP) is 5.87. The van der Waals surface area contributed by atoms with E-state index in [2.05, 4.69) is 58.5 Å². The monoisotopic (exact) mass is 1550 g/mol. The Morgan fingerprint density at radius 1 is 0.231 bits per heavy atom. The van der Waals surface area contributed by atoms with Crippen LogP contribution in [0, 0.1) is 0 Å². The third kappa shape index (κ3) is 9.46. The first kappa shape index (κ1) is 72.8. The molecule has 7 aromatic rings. The quantitative estimate of drug-likeness (QED) is 0.133. The fraction of sp³-hybridized carbons (Fsp3) is 0.476. The van der Waals surface area contributed by atoms with Gasteiger partial charge >= 0.3 is 118 Å². The molecule has 2 aliphatic heterocycles. The minimum absolute atomic E-state index is 0. The van der Waals surface area contributed by atoms with Gasteiger partial charge in [0.05, 0.1) is 42.4 Å². The number of hydrogen-bond acceptors (Lipinski definition) is 14. The van der Waals surface area contributed by atoms with Crippen molar-refractivity contribution in [1.29, 1.82) is 0 Å². The molecule has 16 atom stereocenters. The summed E-state index contributed by atoms with van der Waals surface area (Å²) < 4.78 is 171. The fourth-order valence-corrected chi connectivity index (χ4v) is 32.7. The second-order valence-electron chi connectivity index (χ2n) is 35.4. The largest absolute Gasteiger partial charge is 1.00 e. The van der Waals surface area contributed by atoms with Crippen molar-refractivity contribution in [2.24, 2.45) is 0 Å². The number of H-pyrrole nitrogens is 2. The van der Waals surface area contributed by atoms with Crippen molar-refractivity contribution >= 4 is 86.8 Å². The fourth-order valence-electron chi connectivity index (χ4n) is 28.3. The molecule has 0 amide bonds. The van der Waals surface area contributed by atoms with Crippen LogP contribution < -0.4 is 118 Å². The van der Waals surface area contributed by atoms with Gasteiger partial charge in [0, 0.05) is 44.3 Å². The van der Waals surface area contributed by atoms with Crippen molar-refractivity contribution < 1.29 is 170 Å². The number of aromatic amines is 2. The first-order chi connectivity index (χ1) is 50.1. The molecule has 16 aliphatic carbocycles. The van der Waals surface area contributed by atoms with Gasteiger partial charge in [-0.25, -0.2) is 43.6 Å². The van der Waals surface area contributed by atoms with Crippen LogP contribution in [0.15, 0.2) is 43.8 Å². The Morgan fingerprint density at radius 3 is 0.509 bits per heavy atom. The molecule has 8 saturated carbocycles. The maximum atomic E-state index is 14.2. The van der Waals surface area contributed by atoms with E-state index >= 15 is 0 Å². The molecule has 530 valence electrons. The number of benzene rings is 4. The summed E-state index contributed by atoms with van der Waals surface area (Å²) >= 11 is 0. The summed E-state index contributed by atoms with van der Waals surface area (Å²) in [4.78, 5) is 20.5. The van der Waals surface area contributed by atoms with E-state index in [-0.39, 0.29) is 232 Å². The number of nitrogens with one attached hydrogen (secondary N) is 2. The molecule has 5 heterocycles. The Morgan fingerprint density at radius 2 is 0.370 bits per heavy atom. The van der Waals surface area contributed by atoms with Crippen molar-refractivity contribution in [3.63, 3.8) is 0 Å². The van der Waals surface area contributed by atoms with Gasteiger partial charge in [-0.3, -0.25) is 0 Å². The van der Waals surface area contributed by atoms with Gasteiger partial charge in [0.25, 0.3) is 0 Å². The van der Waals surface area contributed by atoms with Crippen molar-refractivity contribution in [3.05, 3.63) is 136 Å². The molecule has 0 unspecified atom stereocenters. The van der Waals surface area contributed by atoms with Gasteiger partial charge in [-0.15, -0.1) is 0 Å². The number of nitrogens with zero attached hydrogens (tertiary/aromatic N) is 2. The predicted molar refractivity (Wildman–Crippen MR) is 387 cm³/mol. The van der Waals surface area contributed by atoms with Crippen LogP contribution in [-0.2, 0) is 40.5 Å². The van der Waals surface area contributed by atoms with Crippen LogP contribution in [-0.4, -0.2) is 71.8 Å². The summed E-state index contributed by atoms with van der Waals surface area (Å²) in [6.45, 7) is 0. The summed E-state index contributed by atoms with van der Waals surface area (Å²) in [5.41, 5.74) is 25.5. The van der Waals surface area contributed by atoms with Crippen LogP contribution in [0.5, 0.6) is 0 Å². The molecule has 8 fully saturated rings. The molecule has 108 heavy (non-hydrogen) atoms. The molecule has 2 N–H and O–H groups in total. The van der Waals surface area contributed by atoms with Crippen molar-refractivity contribution in [3.8, 4) is 44.5 Å². The molecule has 16 nitrogen and oxygen atoms in total. The van der Waals surface area contributed by atoms with Crippen molar-refractivity contribution in [2.75, 3.05) is 0 Å². The van der Waals surface area contributed by atoms with E-state index in [0.29, 0.717) is 67.3 Å². The summed E-state index contributed by atoms with van der Waals surface area (Å²) in [7, 11) is -19.8. The first-order valence-corrected chi connectivity index (χ1v) is 44.7. The standard InChI is InChI=1S/C84H78N4O12S4.4Na/c89-101(90,91)81-65-41-9-1-33(25-41)57(65)77(58-34-2-10-42(26-34)66(58)81)73-49-17-19-51(85-49)74(78-59-35-3-11-43(27-35)67(59)82(102(92,93)94)68-44-12-4-36(28-44)60(68)78)53-21-23-55(87-53)76(80-63-39-7-15-47(31-39)71(63)84(104(98,99)100)72-48-16-8-40(32-48)64(72)80)56-24-22-54(88-56)75(52-20-18-50(73)86-52)79-61-37-5-13-45(29-37)69(61)83(103(95,96)97)70-46-14-6-38(30-46)62(70)79;;;;/h17-24,33-48,85,88H,1-16,25-32H2,(H,89,90,91)(H,92,93,94)(H,95,96,97)(H,98,99,100);;;;/q;4*+1/p-4/t33-,34-,35-,36-,37-,38-,39-,40-,41+,42+,43+,44+,45+,46+,47+,48+;;;;/m1..../s1. The SMILES string of the molecule is O=S(=O)([O-])c1c2c(c(-c3c4nc(c(-c5c6c(c(S(=O)(=O)[O-])c7c5[C@@H]5CC[C@H]7C5)[C@H]5CC[C@@H]6C5)c5ccc([nH]5)c(-c5c6c(c(S(=O)(=O)[O-])c7c5[C@@H]5CC[C@H]7C5)[C@H]5CC[C@@H]6C5)c5nc(c(-c6c7c(c(S(=O)(=O)[O-])c8c6[C@@H]6CC[C@H]8C6)[C@H]6CC[C@@H]7C6)c6ccc3[nH]6)C=C5)C=C4)c3c1[C@H]1CC[C@@H]3C1)[C@@H]1CC[C@H]2C1.[Na+].[Na+].[Na+].[Na+]. The number of fused-ring (bicyclic) bond motifs is 48. The zero-order valence-electron chi connectivity index (χ0n) is 61.3. The number of rotatable bonds is 8. The van der Waals surface area contributed by atoms with Crippen molar-refractivity contribution in [2.45, 2.75) is 268 Å². The summed E-state index contributed by atoms with van der Waals surface area (Å²) in [5, 5.41) is 0. The van der Waals surface area contributed by atoms with Crippen LogP contribution in [0.2, 0.25) is 0 Å². The van der Waals surface area contributed by atoms with Gasteiger partial charge in [0.2, 0.25) is 0 Å². The second-order valence-corrected chi connectivity index (χ2v) is 40.7. The minimum Gasteiger partial charge on any atom is -0.744 e. The molecule has 0 saturated heterocycles. The van der Waals surface area contributed by atoms with Gasteiger partial charge in [0.15, 0.2) is 0 Å². The topological polar surface area (TPSA) is 286 Å². The van der Waals surface area contributed by atoms with E-state index in [1.54, 1.807) is 0 Å². The third-order valence-electron chi connectivity index (χ3n) is 31.2. The average Bonchev–Trinajstić information content (AvgIpc) is 1.53. The molecular weight excluding hydrogens is 1480 g/mol. The molecule has 3 aromatic heterocycles. The molecule has 25 rings (SSSR count). The third-order valence-corrected chi connectivity index (χ3v) is 34.9. The molecule has 0 radical (unpaired) electrons. The molecule has 0 spiro atoms. The van der Waals surface area contributed by atoms with Gasteiger partial charge in [0.1, 0.15) is 40.5 Å². The van der Waals surface area contributed by atoms with Crippen LogP contribution in [0.25, 0.3) is 90.9 Å². The summed E-state index contributed by atoms with van der Waals surface area (Å²) in [6, 6.07) is 8.52. The maximum absolute atomic E-state index is 14.2. The van der Waals surface area contributed by atoms with E-state index in [1.807, 2.05) is 0 Å². The maximum Gasteiger partial charge on any atom is 1.00 e. The molecule has 18 aliphatic rings. The second kappa shape index (κ2) is 24.4. The zero-order valence-corrected chi connectivity index (χ0v) is 72.5. The molecule has 4 aromatic carbocycles. The first-order valence-electron chi connectivity index (χ1n) is 39.0. The molecular formula is C84H74N4Na4O12S4. The zero-order chi connectivity index (χ0) is 69.5. The normalized spacial score (nSPS) is 30.6. The van der Waals surface area contributed by atoms with E-state index < -0.39 is 40.5 Å². The summed E-state index contributed by atoms with van der Waals surface area (Å²) in [5.74, 6) is -0.986. The Balaban J connectivity index is 0.00000186. The van der Waals surface area contributed by atoms with Crippen LogP contribution in [0.1, 0.15) is 361 Å². The van der Waals surface area contributed by atoms with Crippen LogP contribution in [0.3, 0.4) is 0 Å². The Labute approximate surface area is 717 Å². The summed E-state index contributed by atoms with van der Waals surface area (Å²) in [6.07, 6.45) is 27.3. The van der Waals surface area contributed by atoms with Gasteiger partial charge in [-0.2, -0.15) is 0 Å². The van der Waals surface area contributed by atoms with E-state index in [0.717, 1.165) is 265 Å². The van der Waals surface area contributed by atoms with E-state index in [9.17, 15) is 51.9 Å². The minimum atomic E-state index is -4.95. The number of aromatic nitrogens is 4. The Kier molecular flexibility index (Phi) is 16.4. The number of hydrogen-bond donors (Lipinski definition) is 2. The smallest absolute Gasteiger partial charge is 0.744 e. The van der Waals surface area contributed by atoms with Crippen LogP contribution >= 0.6 is 0 Å². The molecule has 24 heteroatoms. The van der Waals surface area contributed by atoms with Gasteiger partial charge in [-0.1, -0.05) is 0 Å². The van der Waals surface area contributed by atoms with E-state index in [4.69, 9.17) is 9.97 Å². The van der Waals surface area contributed by atoms with Crippen molar-refractivity contribution in [1.82, 2.24) is 19.9 Å².